The van der Waals surface area contributed by atoms with Crippen molar-refractivity contribution in [3.63, 3.8) is 0 Å². The number of aliphatic hydroxyl groups is 1. The van der Waals surface area contributed by atoms with E-state index in [0.29, 0.717) is 0 Å². The highest BCUT2D eigenvalue weighted by Gasteiger charge is 2.14. The maximum Gasteiger partial charge on any atom is 0.144 e. The molecule has 0 aliphatic heterocycles. The molecule has 1 aromatic carbocycles. The van der Waals surface area contributed by atoms with E-state index >= 15 is 0 Å². The van der Waals surface area contributed by atoms with E-state index in [1.54, 1.807) is 7.11 Å². The van der Waals surface area contributed by atoms with Crippen LogP contribution < -0.4 is 4.74 Å². The number of nitrogens with zero attached hydrogens (tertiary/aromatic N) is 2. The maximum absolute atomic E-state index is 8.97. The lowest BCUT2D eigenvalue weighted by Gasteiger charge is -2.10. The van der Waals surface area contributed by atoms with Gasteiger partial charge >= 0.3 is 0 Å². The lowest BCUT2D eigenvalue weighted by atomic mass is 10.1. The number of rotatable bonds is 5. The van der Waals surface area contributed by atoms with Crippen LogP contribution in [0.5, 0.6) is 5.75 Å². The van der Waals surface area contributed by atoms with E-state index in [1.807, 2.05) is 35.9 Å². The fraction of sp³-hybridized carbons (Fsp3) is 0.400. The molecular formula is C15H20N2O2. The molecule has 0 amide bonds. The lowest BCUT2D eigenvalue weighted by molar-refractivity contribution is 0.288. The van der Waals surface area contributed by atoms with Crippen molar-refractivity contribution in [2.75, 3.05) is 13.7 Å². The van der Waals surface area contributed by atoms with Crippen LogP contribution in [0.15, 0.2) is 24.3 Å². The van der Waals surface area contributed by atoms with Crippen molar-refractivity contribution in [3.8, 4) is 11.4 Å². The van der Waals surface area contributed by atoms with Gasteiger partial charge in [-0.05, 0) is 44.4 Å². The molecule has 1 heterocycles. The highest BCUT2D eigenvalue weighted by molar-refractivity contribution is 5.48. The quantitative estimate of drug-likeness (QED) is 0.898. The van der Waals surface area contributed by atoms with Gasteiger partial charge in [-0.3, -0.25) is 0 Å². The summed E-state index contributed by atoms with van der Waals surface area (Å²) in [5.74, 6) is 0.807. The number of benzene rings is 1. The second-order valence-corrected chi connectivity index (χ2v) is 4.56. The minimum atomic E-state index is 0.207. The Hall–Kier alpha value is -1.81. The molecule has 0 unspecified atom stereocenters. The molecule has 102 valence electrons. The Kier molecular flexibility index (Phi) is 4.22. The maximum atomic E-state index is 8.97. The first-order valence-corrected chi connectivity index (χ1v) is 6.48. The van der Waals surface area contributed by atoms with Gasteiger partial charge in [-0.1, -0.05) is 12.1 Å². The van der Waals surface area contributed by atoms with Crippen molar-refractivity contribution >= 4 is 0 Å². The van der Waals surface area contributed by atoms with Gasteiger partial charge in [0.15, 0.2) is 0 Å². The zero-order valence-corrected chi connectivity index (χ0v) is 11.7. The highest BCUT2D eigenvalue weighted by atomic mass is 16.5. The van der Waals surface area contributed by atoms with E-state index in [2.05, 4.69) is 12.0 Å². The van der Waals surface area contributed by atoms with Crippen LogP contribution in [0.4, 0.5) is 0 Å². The zero-order valence-electron chi connectivity index (χ0n) is 11.7. The Balaban J connectivity index is 2.45. The predicted octanol–water partition coefficient (Wildman–Crippen LogP) is 2.42. The van der Waals surface area contributed by atoms with E-state index in [-0.39, 0.29) is 6.61 Å². The smallest absolute Gasteiger partial charge is 0.144 e. The number of hydrogen-bond donors (Lipinski definition) is 1. The monoisotopic (exact) mass is 260 g/mol. The van der Waals surface area contributed by atoms with Crippen LogP contribution in [0.2, 0.25) is 0 Å². The fourth-order valence-corrected chi connectivity index (χ4v) is 2.33. The first kappa shape index (κ1) is 13.6. The molecule has 4 nitrogen and oxygen atoms in total. The van der Waals surface area contributed by atoms with Gasteiger partial charge in [0.2, 0.25) is 0 Å². The van der Waals surface area contributed by atoms with Gasteiger partial charge in [0, 0.05) is 12.3 Å². The fourth-order valence-electron chi connectivity index (χ4n) is 2.33. The summed E-state index contributed by atoms with van der Waals surface area (Å²) in [6, 6.07) is 7.84. The Morgan fingerprint density at radius 2 is 2.00 bits per heavy atom. The van der Waals surface area contributed by atoms with Crippen LogP contribution in [0.3, 0.4) is 0 Å². The number of aryl methyl sites for hydroxylation is 1. The molecule has 1 N–H and O–H groups in total. The normalized spacial score (nSPS) is 10.7. The van der Waals surface area contributed by atoms with E-state index < -0.39 is 0 Å². The topological polar surface area (TPSA) is 47.3 Å². The average molecular weight is 260 g/mol. The molecule has 1 aromatic heterocycles. The Bertz CT molecular complexity index is 561. The summed E-state index contributed by atoms with van der Waals surface area (Å²) in [6.45, 7) is 4.27. The third-order valence-corrected chi connectivity index (χ3v) is 3.34. The third kappa shape index (κ3) is 2.63. The molecule has 0 bridgehead atoms. The number of methoxy groups -OCH3 is 1. The standard InChI is InChI=1S/C15H20N2O2/c1-11-13(7-6-10-18)12(2)17(16-11)14-8-4-5-9-15(14)19-3/h4-5,8-9,18H,6-7,10H2,1-3H3. The van der Waals surface area contributed by atoms with Crippen LogP contribution in [0.1, 0.15) is 23.4 Å². The van der Waals surface area contributed by atoms with Gasteiger partial charge < -0.3 is 9.84 Å². The number of hydrogen-bond acceptors (Lipinski definition) is 3. The molecule has 0 aliphatic carbocycles. The molecule has 0 radical (unpaired) electrons. The second kappa shape index (κ2) is 5.89. The molecule has 0 atom stereocenters. The minimum Gasteiger partial charge on any atom is -0.494 e. The average Bonchev–Trinajstić information content (AvgIpc) is 2.71. The van der Waals surface area contributed by atoms with Gasteiger partial charge in [0.05, 0.1) is 12.8 Å². The molecule has 0 saturated carbocycles. The molecule has 2 aromatic rings. The van der Waals surface area contributed by atoms with Gasteiger partial charge in [-0.15, -0.1) is 0 Å². The zero-order chi connectivity index (χ0) is 13.8. The molecule has 2 rings (SSSR count). The van der Waals surface area contributed by atoms with Gasteiger partial charge in [0.1, 0.15) is 11.4 Å². The van der Waals surface area contributed by atoms with Crippen molar-refractivity contribution in [2.45, 2.75) is 26.7 Å². The van der Waals surface area contributed by atoms with E-state index in [1.165, 1.54) is 5.56 Å². The second-order valence-electron chi connectivity index (χ2n) is 4.56. The highest BCUT2D eigenvalue weighted by Crippen LogP contribution is 2.25. The first-order valence-electron chi connectivity index (χ1n) is 6.48. The first-order chi connectivity index (χ1) is 9.19. The molecule has 4 heteroatoms. The van der Waals surface area contributed by atoms with Crippen LogP contribution in [0.25, 0.3) is 5.69 Å². The lowest BCUT2D eigenvalue weighted by Crippen LogP contribution is -2.02. The molecule has 0 fully saturated rings. The van der Waals surface area contributed by atoms with E-state index in [4.69, 9.17) is 9.84 Å². The molecular weight excluding hydrogens is 240 g/mol. The van der Waals surface area contributed by atoms with E-state index in [0.717, 1.165) is 35.7 Å². The number of para-hydroxylation sites is 2. The summed E-state index contributed by atoms with van der Waals surface area (Å²) in [6.07, 6.45) is 1.61. The minimum absolute atomic E-state index is 0.207. The molecule has 19 heavy (non-hydrogen) atoms. The van der Waals surface area contributed by atoms with Gasteiger partial charge in [0.25, 0.3) is 0 Å². The summed E-state index contributed by atoms with van der Waals surface area (Å²) in [5, 5.41) is 13.6. The van der Waals surface area contributed by atoms with Crippen molar-refractivity contribution in [3.05, 3.63) is 41.2 Å². The third-order valence-electron chi connectivity index (χ3n) is 3.34. The molecule has 0 aliphatic rings. The Morgan fingerprint density at radius 3 is 2.68 bits per heavy atom. The van der Waals surface area contributed by atoms with Crippen molar-refractivity contribution in [2.24, 2.45) is 0 Å². The summed E-state index contributed by atoms with van der Waals surface area (Å²) in [4.78, 5) is 0. The van der Waals surface area contributed by atoms with Crippen molar-refractivity contribution in [1.82, 2.24) is 9.78 Å². The Morgan fingerprint density at radius 1 is 1.26 bits per heavy atom. The summed E-state index contributed by atoms with van der Waals surface area (Å²) in [5.41, 5.74) is 4.27. The molecule has 0 saturated heterocycles. The predicted molar refractivity (Wildman–Crippen MR) is 75.0 cm³/mol. The van der Waals surface area contributed by atoms with Gasteiger partial charge in [-0.2, -0.15) is 5.10 Å². The van der Waals surface area contributed by atoms with Crippen LogP contribution >= 0.6 is 0 Å². The number of aromatic nitrogens is 2. The van der Waals surface area contributed by atoms with Gasteiger partial charge in [-0.25, -0.2) is 4.68 Å². The SMILES string of the molecule is COc1ccccc1-n1nc(C)c(CCCO)c1C. The number of ether oxygens (including phenoxy) is 1. The van der Waals surface area contributed by atoms with Crippen molar-refractivity contribution < 1.29 is 9.84 Å². The molecule has 0 spiro atoms. The summed E-state index contributed by atoms with van der Waals surface area (Å²) < 4.78 is 7.30. The summed E-state index contributed by atoms with van der Waals surface area (Å²) in [7, 11) is 1.66. The largest absolute Gasteiger partial charge is 0.494 e. The summed E-state index contributed by atoms with van der Waals surface area (Å²) >= 11 is 0. The van der Waals surface area contributed by atoms with Crippen LogP contribution in [0, 0.1) is 13.8 Å². The van der Waals surface area contributed by atoms with Crippen LogP contribution in [-0.2, 0) is 6.42 Å². The Labute approximate surface area is 113 Å². The van der Waals surface area contributed by atoms with E-state index in [9.17, 15) is 0 Å². The number of aliphatic hydroxyl groups excluding tert-OH is 1. The van der Waals surface area contributed by atoms with Crippen LogP contribution in [-0.4, -0.2) is 28.6 Å². The van der Waals surface area contributed by atoms with Crippen molar-refractivity contribution in [1.29, 1.82) is 0 Å².